The highest BCUT2D eigenvalue weighted by molar-refractivity contribution is 8.95. The minimum atomic E-state index is -1.83. The summed E-state index contributed by atoms with van der Waals surface area (Å²) in [5.41, 5.74) is 0. The minimum absolute atomic E-state index is 0.574. The van der Waals surface area contributed by atoms with E-state index in [1.54, 1.807) is 11.4 Å². The summed E-state index contributed by atoms with van der Waals surface area (Å²) in [6, 6.07) is 0. The molecule has 0 aliphatic carbocycles. The Balaban J connectivity index is 3.79. The largest absolute Gasteiger partial charge is 0.334 e. The fraction of sp³-hybridized carbons (Fsp3) is 1.00. The molecule has 0 spiro atoms. The third-order valence-corrected chi connectivity index (χ3v) is 7.23. The van der Waals surface area contributed by atoms with Crippen LogP contribution >= 0.6 is 28.3 Å². The van der Waals surface area contributed by atoms with E-state index in [4.69, 9.17) is 16.3 Å². The Morgan fingerprint density at radius 2 is 2.17 bits per heavy atom. The number of hydrogen-bond acceptors (Lipinski definition) is 3. The lowest BCUT2D eigenvalue weighted by atomic mass is 10.3. The molecule has 0 bridgehead atoms. The van der Waals surface area contributed by atoms with E-state index in [0.717, 1.165) is 0 Å². The second-order valence-corrected chi connectivity index (χ2v) is 12.5. The predicted molar refractivity (Wildman–Crippen MR) is 66.9 cm³/mol. The Morgan fingerprint density at radius 3 is 2.58 bits per heavy atom. The van der Waals surface area contributed by atoms with Crippen molar-refractivity contribution < 1.29 is 4.52 Å². The Hall–Kier alpha value is 1.31. The molecular formula is C7H17OPS3. The van der Waals surface area contributed by atoms with Gasteiger partial charge in [0.2, 0.25) is 0 Å². The summed E-state index contributed by atoms with van der Waals surface area (Å²) in [6.07, 6.45) is 2.39. The monoisotopic (exact) mass is 244 g/mol. The van der Waals surface area contributed by atoms with Gasteiger partial charge in [-0.15, -0.1) is 12.2 Å². The lowest BCUT2D eigenvalue weighted by Gasteiger charge is -2.18. The van der Waals surface area contributed by atoms with Crippen molar-refractivity contribution in [3.8, 4) is 0 Å². The van der Waals surface area contributed by atoms with Crippen LogP contribution in [0.3, 0.4) is 0 Å². The zero-order valence-corrected chi connectivity index (χ0v) is 11.2. The van der Waals surface area contributed by atoms with Gasteiger partial charge in [-0.3, -0.25) is 0 Å². The molecule has 0 aliphatic heterocycles. The van der Waals surface area contributed by atoms with E-state index in [1.165, 1.54) is 12.8 Å². The van der Waals surface area contributed by atoms with Gasteiger partial charge in [-0.1, -0.05) is 31.7 Å². The first-order valence-electron chi connectivity index (χ1n) is 4.17. The van der Waals surface area contributed by atoms with Gasteiger partial charge in [0.05, 0.1) is 6.61 Å². The fourth-order valence-electron chi connectivity index (χ4n) is 0.880. The molecule has 0 aromatic carbocycles. The molecule has 0 aromatic heterocycles. The minimum Gasteiger partial charge on any atom is -0.334 e. The zero-order chi connectivity index (χ0) is 9.61. The van der Waals surface area contributed by atoms with Crippen LogP contribution in [0.2, 0.25) is 0 Å². The third kappa shape index (κ3) is 6.79. The number of thiol groups is 1. The molecule has 0 aliphatic rings. The standard InChI is InChI=1S/C7H17OPS3/c1-4-6-7(3)12-9(10,11)8-5-2/h7H,4-6H2,1-3H3,(H,10,11). The molecule has 0 radical (unpaired) electrons. The van der Waals surface area contributed by atoms with Crippen molar-refractivity contribution in [2.24, 2.45) is 0 Å². The van der Waals surface area contributed by atoms with Crippen molar-refractivity contribution in [3.05, 3.63) is 0 Å². The summed E-state index contributed by atoms with van der Waals surface area (Å²) in [7, 11) is 0. The van der Waals surface area contributed by atoms with Crippen molar-refractivity contribution >= 4 is 40.1 Å². The molecule has 0 fully saturated rings. The van der Waals surface area contributed by atoms with E-state index in [1.807, 2.05) is 6.92 Å². The summed E-state index contributed by atoms with van der Waals surface area (Å²) in [5.74, 6) is 0. The van der Waals surface area contributed by atoms with Crippen molar-refractivity contribution in [1.29, 1.82) is 0 Å². The van der Waals surface area contributed by atoms with Crippen LogP contribution in [-0.4, -0.2) is 11.9 Å². The van der Waals surface area contributed by atoms with Crippen LogP contribution in [0.1, 0.15) is 33.6 Å². The van der Waals surface area contributed by atoms with Crippen molar-refractivity contribution in [2.75, 3.05) is 6.61 Å². The Kier molecular flexibility index (Phi) is 7.45. The predicted octanol–water partition coefficient (Wildman–Crippen LogP) is 4.10. The Labute approximate surface area is 90.0 Å². The third-order valence-electron chi connectivity index (χ3n) is 1.30. The molecule has 0 aromatic rings. The zero-order valence-electron chi connectivity index (χ0n) is 7.82. The van der Waals surface area contributed by atoms with Crippen molar-refractivity contribution in [2.45, 2.75) is 38.9 Å². The maximum Gasteiger partial charge on any atom is 0.171 e. The first-order valence-corrected chi connectivity index (χ1v) is 9.53. The van der Waals surface area contributed by atoms with E-state index in [2.05, 4.69) is 26.1 Å². The molecule has 1 nitrogen and oxygen atoms in total. The van der Waals surface area contributed by atoms with Gasteiger partial charge < -0.3 is 4.52 Å². The number of rotatable bonds is 6. The van der Waals surface area contributed by atoms with E-state index < -0.39 is 4.67 Å². The van der Waals surface area contributed by atoms with Gasteiger partial charge in [-0.2, -0.15) is 0 Å². The molecule has 0 rings (SSSR count). The molecule has 0 N–H and O–H groups in total. The van der Waals surface area contributed by atoms with Gasteiger partial charge in [0, 0.05) is 5.25 Å². The molecule has 74 valence electrons. The molecule has 12 heavy (non-hydrogen) atoms. The first kappa shape index (κ1) is 13.3. The van der Waals surface area contributed by atoms with Gasteiger partial charge in [-0.05, 0) is 25.2 Å². The molecule has 2 unspecified atom stereocenters. The molecule has 0 heterocycles. The highest BCUT2D eigenvalue weighted by Gasteiger charge is 2.15. The Morgan fingerprint density at radius 1 is 1.58 bits per heavy atom. The second kappa shape index (κ2) is 6.72. The van der Waals surface area contributed by atoms with Crippen LogP contribution in [0.5, 0.6) is 0 Å². The SMILES string of the molecule is CCCC(C)SP(=S)(S)OCC. The summed E-state index contributed by atoms with van der Waals surface area (Å²) in [5, 5.41) is 0.574. The second-order valence-electron chi connectivity index (χ2n) is 2.59. The average Bonchev–Trinajstić information content (AvgIpc) is 1.85. The smallest absolute Gasteiger partial charge is 0.171 e. The van der Waals surface area contributed by atoms with Gasteiger partial charge in [0.15, 0.2) is 4.67 Å². The maximum absolute atomic E-state index is 5.40. The van der Waals surface area contributed by atoms with Crippen LogP contribution < -0.4 is 0 Å². The quantitative estimate of drug-likeness (QED) is 0.557. The molecule has 2 atom stereocenters. The average molecular weight is 244 g/mol. The van der Waals surface area contributed by atoms with E-state index in [0.29, 0.717) is 11.9 Å². The maximum atomic E-state index is 5.40. The summed E-state index contributed by atoms with van der Waals surface area (Å²) in [6.45, 7) is 7.00. The lowest BCUT2D eigenvalue weighted by molar-refractivity contribution is 0.393. The summed E-state index contributed by atoms with van der Waals surface area (Å²) < 4.78 is 3.57. The molecule has 5 heteroatoms. The summed E-state index contributed by atoms with van der Waals surface area (Å²) >= 11 is 11.3. The van der Waals surface area contributed by atoms with E-state index >= 15 is 0 Å². The molecule has 0 saturated carbocycles. The molecule has 0 amide bonds. The molecular weight excluding hydrogens is 227 g/mol. The van der Waals surface area contributed by atoms with Crippen LogP contribution in [-0.2, 0) is 16.3 Å². The topological polar surface area (TPSA) is 9.23 Å². The van der Waals surface area contributed by atoms with Gasteiger partial charge in [0.25, 0.3) is 0 Å². The summed E-state index contributed by atoms with van der Waals surface area (Å²) in [4.78, 5) is 0. The fourth-order valence-corrected chi connectivity index (χ4v) is 7.68. The van der Waals surface area contributed by atoms with Gasteiger partial charge >= 0.3 is 0 Å². The van der Waals surface area contributed by atoms with Crippen molar-refractivity contribution in [1.82, 2.24) is 0 Å². The highest BCUT2D eigenvalue weighted by atomic mass is 33.2. The normalized spacial score (nSPS) is 18.7. The van der Waals surface area contributed by atoms with Crippen LogP contribution in [0.25, 0.3) is 0 Å². The van der Waals surface area contributed by atoms with Crippen molar-refractivity contribution in [3.63, 3.8) is 0 Å². The highest BCUT2D eigenvalue weighted by Crippen LogP contribution is 2.65. The number of hydrogen-bond donors (Lipinski definition) is 1. The van der Waals surface area contributed by atoms with Gasteiger partial charge in [0.1, 0.15) is 0 Å². The van der Waals surface area contributed by atoms with Crippen LogP contribution in [0, 0.1) is 0 Å². The van der Waals surface area contributed by atoms with Gasteiger partial charge in [-0.25, -0.2) is 0 Å². The first-order chi connectivity index (χ1) is 5.52. The molecule has 0 saturated heterocycles. The Bertz CT molecular complexity index is 163. The lowest BCUT2D eigenvalue weighted by Crippen LogP contribution is -1.94. The van der Waals surface area contributed by atoms with E-state index in [9.17, 15) is 0 Å². The van der Waals surface area contributed by atoms with Crippen LogP contribution in [0.15, 0.2) is 0 Å². The van der Waals surface area contributed by atoms with Crippen LogP contribution in [0.4, 0.5) is 0 Å². The van der Waals surface area contributed by atoms with E-state index in [-0.39, 0.29) is 0 Å².